The third kappa shape index (κ3) is 1.28. The van der Waals surface area contributed by atoms with Crippen LogP contribution in [0.3, 0.4) is 0 Å². The average Bonchev–Trinajstić information content (AvgIpc) is 2.76. The molecule has 0 atom stereocenters. The van der Waals surface area contributed by atoms with Crippen molar-refractivity contribution in [2.24, 2.45) is 0 Å². The predicted molar refractivity (Wildman–Crippen MR) is 78.3 cm³/mol. The lowest BCUT2D eigenvalue weighted by Gasteiger charge is -1.98. The van der Waals surface area contributed by atoms with Crippen molar-refractivity contribution in [1.29, 1.82) is 0 Å². The van der Waals surface area contributed by atoms with Gasteiger partial charge in [-0.05, 0) is 17.5 Å². The van der Waals surface area contributed by atoms with Crippen LogP contribution >= 0.6 is 11.6 Å². The van der Waals surface area contributed by atoms with Gasteiger partial charge in [0, 0.05) is 26.7 Å². The standard InChI is InChI=1S/C16H10ClN/c17-11-6-8-13-14-7-5-10-3-1-2-4-12(10)16(14)18-15(13)9-11/h1-9,18H. The molecular weight excluding hydrogens is 242 g/mol. The van der Waals surface area contributed by atoms with E-state index in [0.29, 0.717) is 0 Å². The highest BCUT2D eigenvalue weighted by molar-refractivity contribution is 6.31. The number of nitrogens with one attached hydrogen (secondary N) is 1. The highest BCUT2D eigenvalue weighted by Gasteiger charge is 2.07. The summed E-state index contributed by atoms with van der Waals surface area (Å²) in [5.41, 5.74) is 2.28. The van der Waals surface area contributed by atoms with Crippen molar-refractivity contribution in [3.05, 3.63) is 59.6 Å². The van der Waals surface area contributed by atoms with Gasteiger partial charge >= 0.3 is 0 Å². The van der Waals surface area contributed by atoms with E-state index in [9.17, 15) is 0 Å². The molecule has 0 unspecified atom stereocenters. The quantitative estimate of drug-likeness (QED) is 0.446. The van der Waals surface area contributed by atoms with Crippen molar-refractivity contribution >= 4 is 44.2 Å². The lowest BCUT2D eigenvalue weighted by atomic mass is 10.1. The Hall–Kier alpha value is -1.99. The van der Waals surface area contributed by atoms with E-state index in [4.69, 9.17) is 11.6 Å². The van der Waals surface area contributed by atoms with Crippen LogP contribution in [0.1, 0.15) is 0 Å². The molecule has 0 aliphatic heterocycles. The maximum atomic E-state index is 6.04. The van der Waals surface area contributed by atoms with Crippen LogP contribution in [-0.2, 0) is 0 Å². The number of hydrogen-bond acceptors (Lipinski definition) is 0. The zero-order valence-corrected chi connectivity index (χ0v) is 10.3. The van der Waals surface area contributed by atoms with Crippen molar-refractivity contribution in [2.75, 3.05) is 0 Å². The number of H-pyrrole nitrogens is 1. The van der Waals surface area contributed by atoms with Gasteiger partial charge in [-0.25, -0.2) is 0 Å². The van der Waals surface area contributed by atoms with Gasteiger partial charge in [0.2, 0.25) is 0 Å². The Balaban J connectivity index is 2.29. The molecule has 0 spiro atoms. The maximum Gasteiger partial charge on any atom is 0.0544 e. The third-order valence-electron chi connectivity index (χ3n) is 3.46. The van der Waals surface area contributed by atoms with Crippen LogP contribution in [-0.4, -0.2) is 4.98 Å². The van der Waals surface area contributed by atoms with Crippen molar-refractivity contribution < 1.29 is 0 Å². The second-order valence-corrected chi connectivity index (χ2v) is 4.96. The molecule has 0 fully saturated rings. The number of benzene rings is 3. The van der Waals surface area contributed by atoms with E-state index in [1.165, 1.54) is 27.1 Å². The van der Waals surface area contributed by atoms with Crippen molar-refractivity contribution in [3.8, 4) is 0 Å². The second-order valence-electron chi connectivity index (χ2n) is 4.52. The van der Waals surface area contributed by atoms with Gasteiger partial charge in [0.15, 0.2) is 0 Å². The first-order valence-electron chi connectivity index (χ1n) is 5.92. The van der Waals surface area contributed by atoms with Gasteiger partial charge in [-0.15, -0.1) is 0 Å². The van der Waals surface area contributed by atoms with Gasteiger partial charge in [-0.3, -0.25) is 0 Å². The van der Waals surface area contributed by atoms with Gasteiger partial charge in [-0.2, -0.15) is 0 Å². The molecule has 1 N–H and O–H groups in total. The molecule has 0 radical (unpaired) electrons. The normalized spacial score (nSPS) is 11.6. The summed E-state index contributed by atoms with van der Waals surface area (Å²) in [5.74, 6) is 0. The molecule has 0 aliphatic carbocycles. The van der Waals surface area contributed by atoms with Crippen molar-refractivity contribution in [1.82, 2.24) is 4.98 Å². The van der Waals surface area contributed by atoms with E-state index >= 15 is 0 Å². The Morgan fingerprint density at radius 2 is 1.61 bits per heavy atom. The van der Waals surface area contributed by atoms with Crippen molar-refractivity contribution in [2.45, 2.75) is 0 Å². The lowest BCUT2D eigenvalue weighted by Crippen LogP contribution is -1.74. The first-order valence-corrected chi connectivity index (χ1v) is 6.29. The largest absolute Gasteiger partial charge is 0.354 e. The van der Waals surface area contributed by atoms with Crippen LogP contribution in [0.4, 0.5) is 0 Å². The molecule has 0 bridgehead atoms. The first kappa shape index (κ1) is 9.98. The summed E-state index contributed by atoms with van der Waals surface area (Å²) in [5, 5.41) is 5.74. The van der Waals surface area contributed by atoms with E-state index in [1.807, 2.05) is 12.1 Å². The molecule has 1 nitrogen and oxygen atoms in total. The summed E-state index contributed by atoms with van der Waals surface area (Å²) in [7, 11) is 0. The number of halogens is 1. The maximum absolute atomic E-state index is 6.04. The minimum absolute atomic E-state index is 0.762. The molecule has 4 aromatic rings. The summed E-state index contributed by atoms with van der Waals surface area (Å²) in [6, 6.07) is 18.7. The van der Waals surface area contributed by atoms with Crippen LogP contribution in [0.25, 0.3) is 32.6 Å². The minimum atomic E-state index is 0.762. The zero-order chi connectivity index (χ0) is 12.1. The smallest absolute Gasteiger partial charge is 0.0544 e. The molecule has 18 heavy (non-hydrogen) atoms. The van der Waals surface area contributed by atoms with Gasteiger partial charge in [0.1, 0.15) is 0 Å². The summed E-state index contributed by atoms with van der Waals surface area (Å²) in [4.78, 5) is 3.48. The third-order valence-corrected chi connectivity index (χ3v) is 3.70. The molecule has 0 aliphatic rings. The van der Waals surface area contributed by atoms with Gasteiger partial charge in [-0.1, -0.05) is 54.1 Å². The average molecular weight is 252 g/mol. The van der Waals surface area contributed by atoms with Crippen LogP contribution in [0, 0.1) is 0 Å². The fourth-order valence-corrected chi connectivity index (χ4v) is 2.79. The highest BCUT2D eigenvalue weighted by Crippen LogP contribution is 2.32. The Morgan fingerprint density at radius 1 is 0.778 bits per heavy atom. The van der Waals surface area contributed by atoms with Gasteiger partial charge in [0.25, 0.3) is 0 Å². The van der Waals surface area contributed by atoms with E-state index in [0.717, 1.165) is 10.5 Å². The summed E-state index contributed by atoms with van der Waals surface area (Å²) in [6.07, 6.45) is 0. The predicted octanol–water partition coefficient (Wildman–Crippen LogP) is 5.13. The van der Waals surface area contributed by atoms with Crippen LogP contribution in [0.5, 0.6) is 0 Å². The van der Waals surface area contributed by atoms with E-state index in [2.05, 4.69) is 47.4 Å². The van der Waals surface area contributed by atoms with Crippen molar-refractivity contribution in [3.63, 3.8) is 0 Å². The molecule has 2 heteroatoms. The summed E-state index contributed by atoms with van der Waals surface area (Å²) < 4.78 is 0. The van der Waals surface area contributed by atoms with E-state index in [1.54, 1.807) is 0 Å². The zero-order valence-electron chi connectivity index (χ0n) is 9.57. The van der Waals surface area contributed by atoms with E-state index < -0.39 is 0 Å². The molecule has 0 amide bonds. The second kappa shape index (κ2) is 3.50. The minimum Gasteiger partial charge on any atom is -0.354 e. The summed E-state index contributed by atoms with van der Waals surface area (Å²) >= 11 is 6.04. The van der Waals surface area contributed by atoms with Crippen LogP contribution in [0.15, 0.2) is 54.6 Å². The molecule has 3 aromatic carbocycles. The SMILES string of the molecule is Clc1ccc2c(c1)[nH]c1c3ccccc3ccc21. The molecular formula is C16H10ClN. The summed E-state index contributed by atoms with van der Waals surface area (Å²) in [6.45, 7) is 0. The Labute approximate surface area is 109 Å². The van der Waals surface area contributed by atoms with Crippen LogP contribution < -0.4 is 0 Å². The topological polar surface area (TPSA) is 15.8 Å². The number of fused-ring (bicyclic) bond motifs is 5. The van der Waals surface area contributed by atoms with Gasteiger partial charge < -0.3 is 4.98 Å². The Morgan fingerprint density at radius 3 is 2.56 bits per heavy atom. The number of hydrogen-bond donors (Lipinski definition) is 1. The monoisotopic (exact) mass is 251 g/mol. The fourth-order valence-electron chi connectivity index (χ4n) is 2.62. The highest BCUT2D eigenvalue weighted by atomic mass is 35.5. The van der Waals surface area contributed by atoms with Crippen LogP contribution in [0.2, 0.25) is 5.02 Å². The molecule has 1 heterocycles. The molecule has 4 rings (SSSR count). The molecule has 1 aromatic heterocycles. The Bertz CT molecular complexity index is 889. The Kier molecular flexibility index (Phi) is 1.94. The molecule has 0 saturated carbocycles. The number of rotatable bonds is 0. The first-order chi connectivity index (χ1) is 8.83. The number of aromatic amines is 1. The molecule has 86 valence electrons. The van der Waals surface area contributed by atoms with Gasteiger partial charge in [0.05, 0.1) is 5.52 Å². The fraction of sp³-hybridized carbons (Fsp3) is 0. The molecule has 0 saturated heterocycles. The number of aromatic nitrogens is 1. The van der Waals surface area contributed by atoms with E-state index in [-0.39, 0.29) is 0 Å². The lowest BCUT2D eigenvalue weighted by molar-refractivity contribution is 1.56.